The van der Waals surface area contributed by atoms with Gasteiger partial charge in [-0.2, -0.15) is 0 Å². The fourth-order valence-corrected chi connectivity index (χ4v) is 5.74. The van der Waals surface area contributed by atoms with Gasteiger partial charge in [0, 0.05) is 37.4 Å². The Bertz CT molecular complexity index is 1450. The third kappa shape index (κ3) is 7.64. The molecule has 1 saturated heterocycles. The number of hydrogen-bond acceptors (Lipinski definition) is 11. The van der Waals surface area contributed by atoms with Gasteiger partial charge in [0.1, 0.15) is 16.9 Å². The van der Waals surface area contributed by atoms with Crippen LogP contribution in [0.25, 0.3) is 10.2 Å². The quantitative estimate of drug-likeness (QED) is 0.187. The number of ether oxygens (including phenoxy) is 3. The van der Waals surface area contributed by atoms with Crippen molar-refractivity contribution < 1.29 is 33.7 Å². The highest BCUT2D eigenvalue weighted by Gasteiger charge is 2.39. The highest BCUT2D eigenvalue weighted by Crippen LogP contribution is 2.32. The number of rotatable bonds is 15. The molecule has 0 aliphatic carbocycles. The molecule has 5 rings (SSSR count). The van der Waals surface area contributed by atoms with E-state index in [1.807, 2.05) is 17.5 Å². The molecule has 2 unspecified atom stereocenters. The van der Waals surface area contributed by atoms with Gasteiger partial charge in [0.15, 0.2) is 0 Å². The van der Waals surface area contributed by atoms with Crippen LogP contribution in [-0.2, 0) is 25.5 Å². The maximum atomic E-state index is 13.1. The van der Waals surface area contributed by atoms with Gasteiger partial charge in [0.25, 0.3) is 11.8 Å². The second-order valence-corrected chi connectivity index (χ2v) is 11.1. The largest absolute Gasteiger partial charge is 0.379 e. The molecule has 2 aromatic heterocycles. The number of amides is 3. The van der Waals surface area contributed by atoms with Crippen molar-refractivity contribution in [3.63, 3.8) is 0 Å². The molecule has 2 aliphatic rings. The maximum absolute atomic E-state index is 13.1. The molecule has 0 bridgehead atoms. The monoisotopic (exact) mass is 612 g/mol. The van der Waals surface area contributed by atoms with E-state index in [9.17, 15) is 19.5 Å². The topological polar surface area (TPSA) is 164 Å². The average molecular weight is 613 g/mol. The van der Waals surface area contributed by atoms with Crippen LogP contribution >= 0.6 is 11.3 Å². The summed E-state index contributed by atoms with van der Waals surface area (Å²) in [5.41, 5.74) is 2.03. The summed E-state index contributed by atoms with van der Waals surface area (Å²) in [5, 5.41) is 21.6. The Kier molecular flexibility index (Phi) is 10.5. The fourth-order valence-electron chi connectivity index (χ4n) is 4.98. The Hall–Kier alpha value is -3.69. The first-order valence-corrected chi connectivity index (χ1v) is 15.3. The van der Waals surface area contributed by atoms with Crippen LogP contribution in [0.1, 0.15) is 52.7 Å². The van der Waals surface area contributed by atoms with E-state index in [1.165, 1.54) is 11.3 Å². The number of aromatic nitrogens is 2. The normalized spacial score (nSPS) is 18.1. The summed E-state index contributed by atoms with van der Waals surface area (Å²) in [6.07, 6.45) is 0.533. The van der Waals surface area contributed by atoms with Gasteiger partial charge >= 0.3 is 0 Å². The summed E-state index contributed by atoms with van der Waals surface area (Å²) < 4.78 is 16.3. The van der Waals surface area contributed by atoms with Gasteiger partial charge in [-0.25, -0.2) is 9.97 Å². The summed E-state index contributed by atoms with van der Waals surface area (Å²) >= 11 is 1.40. The van der Waals surface area contributed by atoms with Crippen LogP contribution in [0.4, 0.5) is 11.5 Å². The minimum Gasteiger partial charge on any atom is -0.379 e. The molecule has 230 valence electrons. The van der Waals surface area contributed by atoms with Gasteiger partial charge in [-0.3, -0.25) is 14.4 Å². The van der Waals surface area contributed by atoms with E-state index in [0.717, 1.165) is 24.0 Å². The predicted octanol–water partition coefficient (Wildman–Crippen LogP) is 2.18. The van der Waals surface area contributed by atoms with Crippen molar-refractivity contribution in [2.45, 2.75) is 45.0 Å². The lowest BCUT2D eigenvalue weighted by Gasteiger charge is -2.35. The molecule has 1 aromatic carbocycles. The number of hydrogen-bond donors (Lipinski definition) is 4. The molecule has 13 nitrogen and oxygen atoms in total. The van der Waals surface area contributed by atoms with Gasteiger partial charge in [0.2, 0.25) is 11.7 Å². The average Bonchev–Trinajstić information content (AvgIpc) is 3.60. The van der Waals surface area contributed by atoms with Crippen LogP contribution in [0.5, 0.6) is 0 Å². The van der Waals surface area contributed by atoms with Crippen molar-refractivity contribution in [2.24, 2.45) is 0 Å². The van der Waals surface area contributed by atoms with Crippen molar-refractivity contribution in [3.8, 4) is 0 Å². The summed E-state index contributed by atoms with van der Waals surface area (Å²) in [7, 11) is 0. The minimum atomic E-state index is -1.10. The molecular formula is C29H36N6O7S. The lowest BCUT2D eigenvalue weighted by molar-refractivity contribution is -0.129. The lowest BCUT2D eigenvalue weighted by atomic mass is 10.0. The number of anilines is 2. The summed E-state index contributed by atoms with van der Waals surface area (Å²) in [5.74, 6) is -0.324. The van der Waals surface area contributed by atoms with Crippen molar-refractivity contribution in [3.05, 3.63) is 46.6 Å². The van der Waals surface area contributed by atoms with Crippen molar-refractivity contribution in [2.75, 3.05) is 51.5 Å². The van der Waals surface area contributed by atoms with Crippen molar-refractivity contribution >= 4 is 50.8 Å². The molecule has 43 heavy (non-hydrogen) atoms. The van der Waals surface area contributed by atoms with Crippen LogP contribution in [0.3, 0.4) is 0 Å². The standard InChI is InChI=1S/C29H36N6O7S/c1-2-9-40-11-13-42-14-12-41-10-8-30-27(38)25-33-24(21-7-15-43-28(21)34-25)31-19-3-4-20-18(16-19)17-35(29(20)39)22-5-6-23(36)32-26(22)37/h3-4,7,15-16,22,26,37H,2,5-6,8-14,17H2,1H3,(H,30,38)(H,32,36)(H,31,33,34). The highest BCUT2D eigenvalue weighted by atomic mass is 32.1. The Morgan fingerprint density at radius 2 is 1.86 bits per heavy atom. The van der Waals surface area contributed by atoms with Gasteiger partial charge in [-0.15, -0.1) is 11.3 Å². The van der Waals surface area contributed by atoms with Crippen LogP contribution in [0, 0.1) is 0 Å². The second-order valence-electron chi connectivity index (χ2n) is 10.2. The maximum Gasteiger partial charge on any atom is 0.289 e. The van der Waals surface area contributed by atoms with Crippen LogP contribution in [-0.4, -0.2) is 96.2 Å². The van der Waals surface area contributed by atoms with E-state index in [1.54, 1.807) is 17.0 Å². The van der Waals surface area contributed by atoms with Crippen molar-refractivity contribution in [1.29, 1.82) is 0 Å². The zero-order chi connectivity index (χ0) is 30.2. The molecule has 4 N–H and O–H groups in total. The smallest absolute Gasteiger partial charge is 0.289 e. The molecule has 3 amide bonds. The molecule has 14 heteroatoms. The Morgan fingerprint density at radius 3 is 2.63 bits per heavy atom. The predicted molar refractivity (Wildman–Crippen MR) is 159 cm³/mol. The van der Waals surface area contributed by atoms with E-state index >= 15 is 0 Å². The summed E-state index contributed by atoms with van der Waals surface area (Å²) in [6, 6.07) is 6.77. The molecule has 2 aliphatic heterocycles. The SMILES string of the molecule is CCCOCCOCCOCCNC(=O)c1nc(Nc2ccc3c(c2)CN(C2CCC(=O)NC2O)C3=O)c2ccsc2n1. The van der Waals surface area contributed by atoms with Crippen LogP contribution < -0.4 is 16.0 Å². The van der Waals surface area contributed by atoms with Crippen LogP contribution in [0.15, 0.2) is 29.6 Å². The fraction of sp³-hybridized carbons (Fsp3) is 0.483. The van der Waals surface area contributed by atoms with E-state index < -0.39 is 18.2 Å². The molecule has 0 saturated carbocycles. The van der Waals surface area contributed by atoms with Crippen LogP contribution in [0.2, 0.25) is 0 Å². The number of thiophene rings is 1. The number of piperidine rings is 1. The Labute approximate surface area is 252 Å². The number of carbonyl (C=O) groups is 3. The van der Waals surface area contributed by atoms with Gasteiger partial charge in [-0.1, -0.05) is 6.92 Å². The molecule has 4 heterocycles. The highest BCUT2D eigenvalue weighted by molar-refractivity contribution is 7.16. The lowest BCUT2D eigenvalue weighted by Crippen LogP contribution is -2.55. The molecule has 1 fully saturated rings. The van der Waals surface area contributed by atoms with E-state index in [4.69, 9.17) is 14.2 Å². The number of fused-ring (bicyclic) bond motifs is 2. The Morgan fingerprint density at radius 1 is 1.09 bits per heavy atom. The molecule has 2 atom stereocenters. The van der Waals surface area contributed by atoms with E-state index in [2.05, 4.69) is 32.8 Å². The second kappa shape index (κ2) is 14.7. The third-order valence-electron chi connectivity index (χ3n) is 7.09. The first kappa shape index (κ1) is 30.8. The number of carbonyl (C=O) groups excluding carboxylic acids is 3. The molecule has 0 radical (unpaired) electrons. The zero-order valence-corrected chi connectivity index (χ0v) is 24.8. The molecule has 0 spiro atoms. The molecular weight excluding hydrogens is 576 g/mol. The van der Waals surface area contributed by atoms with E-state index in [-0.39, 0.29) is 24.1 Å². The Balaban J connectivity index is 1.16. The summed E-state index contributed by atoms with van der Waals surface area (Å²) in [6.45, 7) is 5.66. The zero-order valence-electron chi connectivity index (χ0n) is 24.0. The van der Waals surface area contributed by atoms with Gasteiger partial charge < -0.3 is 40.2 Å². The number of nitrogens with one attached hydrogen (secondary N) is 3. The van der Waals surface area contributed by atoms with Gasteiger partial charge in [-0.05, 0) is 48.1 Å². The minimum absolute atomic E-state index is 0.0312. The first-order valence-electron chi connectivity index (χ1n) is 14.4. The van der Waals surface area contributed by atoms with E-state index in [0.29, 0.717) is 74.4 Å². The number of benzene rings is 1. The third-order valence-corrected chi connectivity index (χ3v) is 7.90. The number of nitrogens with zero attached hydrogens (tertiary/aromatic N) is 3. The first-order chi connectivity index (χ1) is 20.9. The van der Waals surface area contributed by atoms with Crippen molar-refractivity contribution in [1.82, 2.24) is 25.5 Å². The number of aliphatic hydroxyl groups is 1. The van der Waals surface area contributed by atoms with Gasteiger partial charge in [0.05, 0.1) is 44.5 Å². The molecule has 3 aromatic rings. The number of aliphatic hydroxyl groups excluding tert-OH is 1. The summed E-state index contributed by atoms with van der Waals surface area (Å²) in [4.78, 5) is 48.7.